The van der Waals surface area contributed by atoms with E-state index in [-0.39, 0.29) is 17.9 Å². The lowest BCUT2D eigenvalue weighted by molar-refractivity contribution is 0.0728. The summed E-state index contributed by atoms with van der Waals surface area (Å²) in [5.74, 6) is 0.341. The number of aliphatic hydroxyl groups excluding tert-OH is 1. The van der Waals surface area contributed by atoms with Crippen molar-refractivity contribution in [1.29, 1.82) is 0 Å². The van der Waals surface area contributed by atoms with E-state index in [9.17, 15) is 9.90 Å². The molecule has 2 rings (SSSR count). The van der Waals surface area contributed by atoms with E-state index in [0.29, 0.717) is 18.2 Å². The first-order valence-corrected chi connectivity index (χ1v) is 6.80. The molecule has 19 heavy (non-hydrogen) atoms. The first kappa shape index (κ1) is 14.0. The standard InChI is InChI=1S/C15H22N2O2/c1-11(2)12-4-5-13(16-8-12)14(19)17(3)9-15(10-18)6-7-15/h4-5,8,11,18H,6-7,9-10H2,1-3H3. The molecule has 1 aromatic heterocycles. The average molecular weight is 262 g/mol. The zero-order chi connectivity index (χ0) is 14.0. The van der Waals surface area contributed by atoms with Crippen molar-refractivity contribution in [2.75, 3.05) is 20.2 Å². The first-order chi connectivity index (χ1) is 8.97. The minimum Gasteiger partial charge on any atom is -0.396 e. The van der Waals surface area contributed by atoms with Crippen LogP contribution in [0.2, 0.25) is 0 Å². The summed E-state index contributed by atoms with van der Waals surface area (Å²) in [6, 6.07) is 3.74. The zero-order valence-electron chi connectivity index (χ0n) is 11.9. The molecule has 0 radical (unpaired) electrons. The average Bonchev–Trinajstić information content (AvgIpc) is 3.18. The van der Waals surface area contributed by atoms with E-state index in [1.54, 1.807) is 24.2 Å². The van der Waals surface area contributed by atoms with Crippen molar-refractivity contribution in [3.05, 3.63) is 29.6 Å². The minimum absolute atomic E-state index is 0.0533. The maximum absolute atomic E-state index is 12.2. The van der Waals surface area contributed by atoms with Gasteiger partial charge in [0.15, 0.2) is 0 Å². The summed E-state index contributed by atoms with van der Waals surface area (Å²) in [4.78, 5) is 18.1. The largest absolute Gasteiger partial charge is 0.396 e. The highest BCUT2D eigenvalue weighted by Gasteiger charge is 2.43. The second-order valence-corrected chi connectivity index (χ2v) is 5.95. The molecule has 1 heterocycles. The molecule has 0 atom stereocenters. The summed E-state index contributed by atoms with van der Waals surface area (Å²) in [6.45, 7) is 4.96. The Bertz CT molecular complexity index is 450. The topological polar surface area (TPSA) is 53.4 Å². The van der Waals surface area contributed by atoms with Gasteiger partial charge in [-0.2, -0.15) is 0 Å². The van der Waals surface area contributed by atoms with Crippen LogP contribution in [0.15, 0.2) is 18.3 Å². The predicted octanol–water partition coefficient (Wildman–Crippen LogP) is 2.05. The van der Waals surface area contributed by atoms with E-state index in [0.717, 1.165) is 18.4 Å². The second kappa shape index (κ2) is 5.29. The van der Waals surface area contributed by atoms with Crippen LogP contribution in [-0.4, -0.2) is 41.1 Å². The second-order valence-electron chi connectivity index (χ2n) is 5.95. The number of nitrogens with zero attached hydrogens (tertiary/aromatic N) is 2. The number of pyridine rings is 1. The summed E-state index contributed by atoms with van der Waals surface area (Å²) in [5, 5.41) is 9.30. The van der Waals surface area contributed by atoms with Gasteiger partial charge in [0.2, 0.25) is 0 Å². The molecule has 0 aliphatic heterocycles. The van der Waals surface area contributed by atoms with Gasteiger partial charge in [0.25, 0.3) is 5.91 Å². The molecular weight excluding hydrogens is 240 g/mol. The number of carbonyl (C=O) groups excluding carboxylic acids is 1. The molecular formula is C15H22N2O2. The van der Waals surface area contributed by atoms with Crippen LogP contribution in [0, 0.1) is 5.41 Å². The smallest absolute Gasteiger partial charge is 0.272 e. The number of amides is 1. The number of carbonyl (C=O) groups is 1. The number of hydrogen-bond acceptors (Lipinski definition) is 3. The van der Waals surface area contributed by atoms with Crippen LogP contribution >= 0.6 is 0 Å². The molecule has 1 aromatic rings. The third kappa shape index (κ3) is 3.13. The molecule has 4 heteroatoms. The third-order valence-corrected chi connectivity index (χ3v) is 3.88. The van der Waals surface area contributed by atoms with Crippen molar-refractivity contribution in [2.24, 2.45) is 5.41 Å². The number of aromatic nitrogens is 1. The normalized spacial score (nSPS) is 16.5. The van der Waals surface area contributed by atoms with Crippen LogP contribution in [0.1, 0.15) is 48.7 Å². The molecule has 0 saturated heterocycles. The Labute approximate surface area is 114 Å². The Morgan fingerprint density at radius 1 is 1.47 bits per heavy atom. The minimum atomic E-state index is -0.0740. The Balaban J connectivity index is 2.02. The van der Waals surface area contributed by atoms with Crippen molar-refractivity contribution in [3.8, 4) is 0 Å². The number of aliphatic hydroxyl groups is 1. The fraction of sp³-hybridized carbons (Fsp3) is 0.600. The van der Waals surface area contributed by atoms with Gasteiger partial charge in [-0.3, -0.25) is 9.78 Å². The van der Waals surface area contributed by atoms with Crippen molar-refractivity contribution in [3.63, 3.8) is 0 Å². The van der Waals surface area contributed by atoms with Crippen LogP contribution in [0.4, 0.5) is 0 Å². The van der Waals surface area contributed by atoms with Gasteiger partial charge in [0.1, 0.15) is 5.69 Å². The van der Waals surface area contributed by atoms with Crippen LogP contribution in [-0.2, 0) is 0 Å². The van der Waals surface area contributed by atoms with Gasteiger partial charge in [0.05, 0.1) is 6.61 Å². The van der Waals surface area contributed by atoms with Gasteiger partial charge in [-0.15, -0.1) is 0 Å². The molecule has 0 spiro atoms. The van der Waals surface area contributed by atoms with Crippen molar-refractivity contribution < 1.29 is 9.90 Å². The molecule has 1 fully saturated rings. The van der Waals surface area contributed by atoms with Crippen molar-refractivity contribution >= 4 is 5.91 Å². The van der Waals surface area contributed by atoms with Crippen LogP contribution in [0.25, 0.3) is 0 Å². The molecule has 0 unspecified atom stereocenters. The van der Waals surface area contributed by atoms with E-state index >= 15 is 0 Å². The predicted molar refractivity (Wildman–Crippen MR) is 74.0 cm³/mol. The number of hydrogen-bond donors (Lipinski definition) is 1. The van der Waals surface area contributed by atoms with Crippen molar-refractivity contribution in [2.45, 2.75) is 32.6 Å². The van der Waals surface area contributed by atoms with Crippen LogP contribution in [0.5, 0.6) is 0 Å². The van der Waals surface area contributed by atoms with Gasteiger partial charge in [-0.1, -0.05) is 19.9 Å². The highest BCUT2D eigenvalue weighted by Crippen LogP contribution is 2.45. The summed E-state index contributed by atoms with van der Waals surface area (Å²) < 4.78 is 0. The van der Waals surface area contributed by atoms with Crippen molar-refractivity contribution in [1.82, 2.24) is 9.88 Å². The fourth-order valence-electron chi connectivity index (χ4n) is 2.19. The lowest BCUT2D eigenvalue weighted by atomic mass is 10.1. The molecule has 1 aliphatic carbocycles. The lowest BCUT2D eigenvalue weighted by Crippen LogP contribution is -2.34. The molecule has 1 N–H and O–H groups in total. The van der Waals surface area contributed by atoms with E-state index in [4.69, 9.17) is 0 Å². The Kier molecular flexibility index (Phi) is 3.90. The number of rotatable bonds is 5. The molecule has 1 aliphatic rings. The van der Waals surface area contributed by atoms with Gasteiger partial charge in [-0.05, 0) is 30.4 Å². The summed E-state index contributed by atoms with van der Waals surface area (Å²) in [7, 11) is 1.77. The monoisotopic (exact) mass is 262 g/mol. The van der Waals surface area contributed by atoms with E-state index in [1.165, 1.54) is 0 Å². The van der Waals surface area contributed by atoms with Gasteiger partial charge in [-0.25, -0.2) is 0 Å². The molecule has 0 aromatic carbocycles. The zero-order valence-corrected chi connectivity index (χ0v) is 11.9. The Hall–Kier alpha value is -1.42. The summed E-state index contributed by atoms with van der Waals surface area (Å²) in [5.41, 5.74) is 1.55. The Morgan fingerprint density at radius 2 is 2.16 bits per heavy atom. The van der Waals surface area contributed by atoms with E-state index < -0.39 is 0 Å². The molecule has 4 nitrogen and oxygen atoms in total. The quantitative estimate of drug-likeness (QED) is 0.883. The molecule has 0 bridgehead atoms. The van der Waals surface area contributed by atoms with E-state index in [2.05, 4.69) is 18.8 Å². The third-order valence-electron chi connectivity index (χ3n) is 3.88. The van der Waals surface area contributed by atoms with Crippen LogP contribution < -0.4 is 0 Å². The highest BCUT2D eigenvalue weighted by atomic mass is 16.3. The van der Waals surface area contributed by atoms with E-state index in [1.807, 2.05) is 6.07 Å². The van der Waals surface area contributed by atoms with Crippen LogP contribution in [0.3, 0.4) is 0 Å². The highest BCUT2D eigenvalue weighted by molar-refractivity contribution is 5.92. The Morgan fingerprint density at radius 3 is 2.58 bits per heavy atom. The lowest BCUT2D eigenvalue weighted by Gasteiger charge is -2.22. The molecule has 1 amide bonds. The maximum Gasteiger partial charge on any atom is 0.272 e. The fourth-order valence-corrected chi connectivity index (χ4v) is 2.19. The van der Waals surface area contributed by atoms with Gasteiger partial charge < -0.3 is 10.0 Å². The molecule has 104 valence electrons. The SMILES string of the molecule is CC(C)c1ccc(C(=O)N(C)CC2(CO)CC2)nc1. The van der Waals surface area contributed by atoms with Gasteiger partial charge in [0, 0.05) is 25.2 Å². The van der Waals surface area contributed by atoms with Gasteiger partial charge >= 0.3 is 0 Å². The summed E-state index contributed by atoms with van der Waals surface area (Å²) >= 11 is 0. The molecule has 1 saturated carbocycles. The maximum atomic E-state index is 12.2. The first-order valence-electron chi connectivity index (χ1n) is 6.80. The summed E-state index contributed by atoms with van der Waals surface area (Å²) in [6.07, 6.45) is 3.77.